The summed E-state index contributed by atoms with van der Waals surface area (Å²) in [5.41, 5.74) is 0.0721. The molecule has 6 nitrogen and oxygen atoms in total. The van der Waals surface area contributed by atoms with Crippen LogP contribution in [0.15, 0.2) is 23.1 Å². The van der Waals surface area contributed by atoms with E-state index in [-0.39, 0.29) is 16.6 Å². The van der Waals surface area contributed by atoms with Gasteiger partial charge in [-0.05, 0) is 25.0 Å². The Hall–Kier alpha value is -1.63. The fraction of sp³-hybridized carbons (Fsp3) is 0.571. The molecule has 1 aliphatic rings. The number of hydrogen-bond acceptors (Lipinski definition) is 5. The van der Waals surface area contributed by atoms with Crippen LogP contribution in [-0.2, 0) is 9.84 Å². The van der Waals surface area contributed by atoms with Crippen molar-refractivity contribution in [2.24, 2.45) is 0 Å². The Labute approximate surface area is 124 Å². The molecule has 0 aromatic heterocycles. The van der Waals surface area contributed by atoms with Crippen molar-refractivity contribution in [1.82, 2.24) is 0 Å². The molecule has 1 saturated carbocycles. The maximum absolute atomic E-state index is 11.8. The summed E-state index contributed by atoms with van der Waals surface area (Å²) < 4.78 is 23.6. The molecule has 0 N–H and O–H groups in total. The summed E-state index contributed by atoms with van der Waals surface area (Å²) in [6.45, 7) is 0. The molecule has 1 aromatic carbocycles. The number of nitrogens with zero attached hydrogens (tertiary/aromatic N) is 2. The van der Waals surface area contributed by atoms with Gasteiger partial charge in [0.1, 0.15) is 10.6 Å². The van der Waals surface area contributed by atoms with E-state index in [0.717, 1.165) is 31.9 Å². The second kappa shape index (κ2) is 6.01. The van der Waals surface area contributed by atoms with Crippen LogP contribution in [0.5, 0.6) is 0 Å². The molecule has 1 aliphatic carbocycles. The van der Waals surface area contributed by atoms with Crippen molar-refractivity contribution in [2.75, 3.05) is 18.2 Å². The lowest BCUT2D eigenvalue weighted by Crippen LogP contribution is -2.33. The molecule has 0 radical (unpaired) electrons. The molecule has 0 unspecified atom stereocenters. The Morgan fingerprint density at radius 3 is 2.38 bits per heavy atom. The van der Waals surface area contributed by atoms with Crippen LogP contribution in [-0.4, -0.2) is 32.7 Å². The van der Waals surface area contributed by atoms with Crippen LogP contribution in [0.4, 0.5) is 11.4 Å². The van der Waals surface area contributed by atoms with Gasteiger partial charge in [-0.1, -0.05) is 25.3 Å². The Morgan fingerprint density at radius 1 is 1.24 bits per heavy atom. The second-order valence-electron chi connectivity index (χ2n) is 5.56. The van der Waals surface area contributed by atoms with Crippen LogP contribution in [0.3, 0.4) is 0 Å². The fourth-order valence-corrected chi connectivity index (χ4v) is 3.80. The Bertz CT molecular complexity index is 636. The maximum atomic E-state index is 11.8. The number of rotatable bonds is 4. The first-order valence-electron chi connectivity index (χ1n) is 7.02. The molecule has 0 saturated heterocycles. The number of para-hydroxylation sites is 1. The van der Waals surface area contributed by atoms with Crippen molar-refractivity contribution in [1.29, 1.82) is 0 Å². The second-order valence-corrected chi connectivity index (χ2v) is 7.54. The van der Waals surface area contributed by atoms with E-state index in [0.29, 0.717) is 5.69 Å². The number of sulfone groups is 1. The van der Waals surface area contributed by atoms with Crippen molar-refractivity contribution in [2.45, 2.75) is 43.0 Å². The van der Waals surface area contributed by atoms with E-state index in [2.05, 4.69) is 0 Å². The van der Waals surface area contributed by atoms with E-state index in [1.807, 2.05) is 11.9 Å². The first kappa shape index (κ1) is 15.8. The van der Waals surface area contributed by atoms with Gasteiger partial charge in [0.25, 0.3) is 0 Å². The maximum Gasteiger partial charge on any atom is 0.311 e. The minimum absolute atomic E-state index is 0.215. The molecule has 0 aliphatic heterocycles. The predicted octanol–water partition coefficient (Wildman–Crippen LogP) is 2.77. The van der Waals surface area contributed by atoms with Crippen molar-refractivity contribution < 1.29 is 13.3 Å². The van der Waals surface area contributed by atoms with Crippen LogP contribution in [0.1, 0.15) is 32.1 Å². The third-order valence-electron chi connectivity index (χ3n) is 4.06. The summed E-state index contributed by atoms with van der Waals surface area (Å²) in [5.74, 6) is 0. The van der Waals surface area contributed by atoms with Crippen molar-refractivity contribution in [3.8, 4) is 0 Å². The van der Waals surface area contributed by atoms with Gasteiger partial charge in [0.05, 0.1) is 4.92 Å². The monoisotopic (exact) mass is 312 g/mol. The van der Waals surface area contributed by atoms with Gasteiger partial charge in [0.15, 0.2) is 9.84 Å². The highest BCUT2D eigenvalue weighted by Crippen LogP contribution is 2.36. The number of anilines is 1. The van der Waals surface area contributed by atoms with Crippen LogP contribution in [0, 0.1) is 10.1 Å². The Kier molecular flexibility index (Phi) is 4.51. The molecule has 0 bridgehead atoms. The number of nitro benzene ring substituents is 1. The van der Waals surface area contributed by atoms with Crippen LogP contribution >= 0.6 is 0 Å². The summed E-state index contributed by atoms with van der Waals surface area (Å²) in [7, 11) is -1.82. The molecule has 1 fully saturated rings. The Morgan fingerprint density at radius 2 is 1.86 bits per heavy atom. The van der Waals surface area contributed by atoms with E-state index in [4.69, 9.17) is 0 Å². The zero-order valence-corrected chi connectivity index (χ0v) is 13.1. The van der Waals surface area contributed by atoms with Gasteiger partial charge in [-0.3, -0.25) is 10.1 Å². The summed E-state index contributed by atoms with van der Waals surface area (Å²) in [5, 5.41) is 11.4. The summed E-state index contributed by atoms with van der Waals surface area (Å²) in [6.07, 6.45) is 6.37. The first-order chi connectivity index (χ1) is 9.82. The molecule has 1 aromatic rings. The summed E-state index contributed by atoms with van der Waals surface area (Å²) >= 11 is 0. The molecule has 0 heterocycles. The molecule has 21 heavy (non-hydrogen) atoms. The average molecular weight is 312 g/mol. The smallest absolute Gasteiger partial charge is 0.311 e. The third-order valence-corrected chi connectivity index (χ3v) is 5.19. The summed E-state index contributed by atoms with van der Waals surface area (Å²) in [4.78, 5) is 12.5. The van der Waals surface area contributed by atoms with Gasteiger partial charge in [0.2, 0.25) is 0 Å². The van der Waals surface area contributed by atoms with Crippen LogP contribution in [0.25, 0.3) is 0 Å². The quantitative estimate of drug-likeness (QED) is 0.631. The first-order valence-corrected chi connectivity index (χ1v) is 8.92. The standard InChI is InChI=1S/C14H20N2O4S/c1-15(11-7-4-3-5-8-11)12-9-6-10-13(21(2,19)20)14(12)16(17)18/h6,9-11H,3-5,7-8H2,1-2H3. The topological polar surface area (TPSA) is 80.5 Å². The lowest BCUT2D eigenvalue weighted by Gasteiger charge is -2.32. The molecule has 116 valence electrons. The predicted molar refractivity (Wildman–Crippen MR) is 81.5 cm³/mol. The van der Waals surface area contributed by atoms with Gasteiger partial charge in [-0.25, -0.2) is 8.42 Å². The van der Waals surface area contributed by atoms with Gasteiger partial charge >= 0.3 is 5.69 Å². The van der Waals surface area contributed by atoms with Crippen molar-refractivity contribution in [3.63, 3.8) is 0 Å². The Balaban J connectivity index is 2.50. The largest absolute Gasteiger partial charge is 0.366 e. The zero-order valence-electron chi connectivity index (χ0n) is 12.3. The highest BCUT2D eigenvalue weighted by molar-refractivity contribution is 7.90. The lowest BCUT2D eigenvalue weighted by atomic mass is 9.94. The molecular weight excluding hydrogens is 292 g/mol. The lowest BCUT2D eigenvalue weighted by molar-refractivity contribution is -0.387. The van der Waals surface area contributed by atoms with Crippen LogP contribution < -0.4 is 4.90 Å². The van der Waals surface area contributed by atoms with Crippen molar-refractivity contribution in [3.05, 3.63) is 28.3 Å². The minimum Gasteiger partial charge on any atom is -0.366 e. The molecular formula is C14H20N2O4S. The van der Waals surface area contributed by atoms with E-state index in [1.165, 1.54) is 12.5 Å². The number of hydrogen-bond donors (Lipinski definition) is 0. The fourth-order valence-electron chi connectivity index (χ4n) is 2.94. The molecule has 0 atom stereocenters. The van der Waals surface area contributed by atoms with E-state index < -0.39 is 14.8 Å². The highest BCUT2D eigenvalue weighted by atomic mass is 32.2. The van der Waals surface area contributed by atoms with Gasteiger partial charge in [-0.15, -0.1) is 0 Å². The minimum atomic E-state index is -3.63. The third kappa shape index (κ3) is 3.34. The molecule has 0 spiro atoms. The van der Waals surface area contributed by atoms with Crippen molar-refractivity contribution >= 4 is 21.2 Å². The molecule has 7 heteroatoms. The summed E-state index contributed by atoms with van der Waals surface area (Å²) in [6, 6.07) is 4.72. The zero-order chi connectivity index (χ0) is 15.6. The number of benzene rings is 1. The number of nitro groups is 1. The van der Waals surface area contributed by atoms with Gasteiger partial charge < -0.3 is 4.90 Å². The van der Waals surface area contributed by atoms with Gasteiger partial charge in [0, 0.05) is 19.3 Å². The van der Waals surface area contributed by atoms with Gasteiger partial charge in [-0.2, -0.15) is 0 Å². The molecule has 0 amide bonds. The highest BCUT2D eigenvalue weighted by Gasteiger charge is 2.30. The van der Waals surface area contributed by atoms with E-state index in [9.17, 15) is 18.5 Å². The van der Waals surface area contributed by atoms with E-state index >= 15 is 0 Å². The van der Waals surface area contributed by atoms with Crippen LogP contribution in [0.2, 0.25) is 0 Å². The van der Waals surface area contributed by atoms with E-state index in [1.54, 1.807) is 12.1 Å². The molecule has 2 rings (SSSR count). The SMILES string of the molecule is CN(c1cccc(S(C)(=O)=O)c1[N+](=O)[O-])C1CCCCC1. The average Bonchev–Trinajstić information content (AvgIpc) is 2.45. The normalized spacial score (nSPS) is 16.7.